The second-order valence-corrected chi connectivity index (χ2v) is 3.82. The Labute approximate surface area is 83.2 Å². The number of nitrogens with zero attached hydrogens (tertiary/aromatic N) is 1. The lowest BCUT2D eigenvalue weighted by molar-refractivity contribution is -0.145. The number of likely N-dealkylation sites (tertiary alicyclic amines) is 1. The van der Waals surface area contributed by atoms with E-state index in [0.29, 0.717) is 19.5 Å². The predicted molar refractivity (Wildman–Crippen MR) is 51.7 cm³/mol. The summed E-state index contributed by atoms with van der Waals surface area (Å²) in [6, 6.07) is 0. The third-order valence-corrected chi connectivity index (χ3v) is 2.50. The molecular weight excluding hydrogens is 182 g/mol. The normalized spacial score (nSPS) is 27.1. The molecule has 1 rings (SSSR count). The number of carboxylic acids is 1. The Kier molecular flexibility index (Phi) is 3.28. The van der Waals surface area contributed by atoms with Crippen molar-refractivity contribution in [2.24, 2.45) is 11.8 Å². The summed E-state index contributed by atoms with van der Waals surface area (Å²) in [5, 5.41) is 8.86. The molecule has 1 fully saturated rings. The summed E-state index contributed by atoms with van der Waals surface area (Å²) in [6.45, 7) is 6.29. The largest absolute Gasteiger partial charge is 0.481 e. The second kappa shape index (κ2) is 4.26. The van der Waals surface area contributed by atoms with Gasteiger partial charge in [0, 0.05) is 13.1 Å². The third-order valence-electron chi connectivity index (χ3n) is 2.50. The van der Waals surface area contributed by atoms with E-state index in [0.717, 1.165) is 0 Å². The highest BCUT2D eigenvalue weighted by Crippen LogP contribution is 2.21. The van der Waals surface area contributed by atoms with Gasteiger partial charge < -0.3 is 10.0 Å². The van der Waals surface area contributed by atoms with Crippen molar-refractivity contribution in [1.29, 1.82) is 0 Å². The average Bonchev–Trinajstić information content (AvgIpc) is 2.15. The molecule has 0 spiro atoms. The Hall–Kier alpha value is -1.32. The van der Waals surface area contributed by atoms with Gasteiger partial charge in [0.1, 0.15) is 0 Å². The summed E-state index contributed by atoms with van der Waals surface area (Å²) in [7, 11) is 0. The number of amides is 1. The first-order chi connectivity index (χ1) is 6.54. The quantitative estimate of drug-likeness (QED) is 0.664. The van der Waals surface area contributed by atoms with Gasteiger partial charge in [-0.25, -0.2) is 0 Å². The maximum absolute atomic E-state index is 11.3. The van der Waals surface area contributed by atoms with Gasteiger partial charge in [-0.3, -0.25) is 9.59 Å². The molecule has 0 aromatic heterocycles. The van der Waals surface area contributed by atoms with Crippen LogP contribution >= 0.6 is 0 Å². The Morgan fingerprint density at radius 2 is 2.14 bits per heavy atom. The fourth-order valence-corrected chi connectivity index (χ4v) is 1.84. The number of carbonyl (C=O) groups excluding carboxylic acids is 1. The summed E-state index contributed by atoms with van der Waals surface area (Å²) >= 11 is 0. The highest BCUT2D eigenvalue weighted by Gasteiger charge is 2.30. The molecular formula is C10H15NO3. The van der Waals surface area contributed by atoms with Gasteiger partial charge >= 0.3 is 5.97 Å². The van der Waals surface area contributed by atoms with Crippen LogP contribution in [0.5, 0.6) is 0 Å². The number of rotatable bonds is 2. The van der Waals surface area contributed by atoms with Crippen molar-refractivity contribution in [3.63, 3.8) is 0 Å². The van der Waals surface area contributed by atoms with Crippen LogP contribution in [0.25, 0.3) is 0 Å². The SMILES string of the molecule is C=CC(=O)N1CC(C)CC(C(=O)O)C1. The van der Waals surface area contributed by atoms with Gasteiger partial charge in [-0.05, 0) is 18.4 Å². The zero-order valence-electron chi connectivity index (χ0n) is 8.27. The van der Waals surface area contributed by atoms with Crippen molar-refractivity contribution in [3.8, 4) is 0 Å². The van der Waals surface area contributed by atoms with E-state index < -0.39 is 11.9 Å². The van der Waals surface area contributed by atoms with Crippen LogP contribution in [0.1, 0.15) is 13.3 Å². The fraction of sp³-hybridized carbons (Fsp3) is 0.600. The van der Waals surface area contributed by atoms with Crippen molar-refractivity contribution in [1.82, 2.24) is 4.90 Å². The van der Waals surface area contributed by atoms with E-state index in [-0.39, 0.29) is 11.8 Å². The van der Waals surface area contributed by atoms with Crippen LogP contribution in [0.4, 0.5) is 0 Å². The predicted octanol–water partition coefficient (Wildman–Crippen LogP) is 0.742. The Morgan fingerprint density at radius 3 is 2.64 bits per heavy atom. The highest BCUT2D eigenvalue weighted by molar-refractivity contribution is 5.87. The van der Waals surface area contributed by atoms with Crippen molar-refractivity contribution >= 4 is 11.9 Å². The molecule has 78 valence electrons. The minimum Gasteiger partial charge on any atom is -0.481 e. The Balaban J connectivity index is 2.67. The van der Waals surface area contributed by atoms with E-state index in [1.807, 2.05) is 6.92 Å². The van der Waals surface area contributed by atoms with Crippen LogP contribution in [0, 0.1) is 11.8 Å². The molecule has 1 aliphatic heterocycles. The zero-order chi connectivity index (χ0) is 10.7. The number of carboxylic acid groups (broad SMARTS) is 1. The summed E-state index contributed by atoms with van der Waals surface area (Å²) in [5.41, 5.74) is 0. The molecule has 1 N–H and O–H groups in total. The van der Waals surface area contributed by atoms with Crippen LogP contribution in [-0.4, -0.2) is 35.0 Å². The Morgan fingerprint density at radius 1 is 1.50 bits per heavy atom. The van der Waals surface area contributed by atoms with E-state index in [2.05, 4.69) is 6.58 Å². The molecule has 0 aromatic rings. The topological polar surface area (TPSA) is 57.6 Å². The first-order valence-electron chi connectivity index (χ1n) is 4.68. The van der Waals surface area contributed by atoms with Gasteiger partial charge in [0.25, 0.3) is 0 Å². The lowest BCUT2D eigenvalue weighted by Gasteiger charge is -2.33. The zero-order valence-corrected chi connectivity index (χ0v) is 8.27. The molecule has 4 heteroatoms. The molecule has 2 unspecified atom stereocenters. The highest BCUT2D eigenvalue weighted by atomic mass is 16.4. The standard InChI is InChI=1S/C10H15NO3/c1-3-9(12)11-5-7(2)4-8(6-11)10(13)14/h3,7-8H,1,4-6H2,2H3,(H,13,14). The van der Waals surface area contributed by atoms with E-state index in [1.54, 1.807) is 4.90 Å². The van der Waals surface area contributed by atoms with Crippen molar-refractivity contribution < 1.29 is 14.7 Å². The first-order valence-corrected chi connectivity index (χ1v) is 4.68. The molecule has 1 aliphatic rings. The molecule has 1 amide bonds. The minimum atomic E-state index is -0.821. The van der Waals surface area contributed by atoms with Crippen LogP contribution in [0.2, 0.25) is 0 Å². The van der Waals surface area contributed by atoms with E-state index >= 15 is 0 Å². The van der Waals surface area contributed by atoms with Crippen molar-refractivity contribution in [2.75, 3.05) is 13.1 Å². The molecule has 0 radical (unpaired) electrons. The number of aliphatic carboxylic acids is 1. The number of hydrogen-bond acceptors (Lipinski definition) is 2. The maximum atomic E-state index is 11.3. The summed E-state index contributed by atoms with van der Waals surface area (Å²) < 4.78 is 0. The molecule has 14 heavy (non-hydrogen) atoms. The molecule has 1 saturated heterocycles. The summed E-state index contributed by atoms with van der Waals surface area (Å²) in [4.78, 5) is 23.6. The van der Waals surface area contributed by atoms with Crippen LogP contribution in [0.15, 0.2) is 12.7 Å². The number of piperidine rings is 1. The molecule has 4 nitrogen and oxygen atoms in total. The molecule has 2 atom stereocenters. The number of carbonyl (C=O) groups is 2. The van der Waals surface area contributed by atoms with Gasteiger partial charge in [0.15, 0.2) is 0 Å². The molecule has 0 aliphatic carbocycles. The van der Waals surface area contributed by atoms with Crippen molar-refractivity contribution in [2.45, 2.75) is 13.3 Å². The first kappa shape index (κ1) is 10.8. The van der Waals surface area contributed by atoms with Crippen LogP contribution in [0.3, 0.4) is 0 Å². The lowest BCUT2D eigenvalue weighted by Crippen LogP contribution is -2.44. The van der Waals surface area contributed by atoms with Crippen LogP contribution < -0.4 is 0 Å². The maximum Gasteiger partial charge on any atom is 0.308 e. The second-order valence-electron chi connectivity index (χ2n) is 3.82. The summed E-state index contributed by atoms with van der Waals surface area (Å²) in [6.07, 6.45) is 1.88. The van der Waals surface area contributed by atoms with Gasteiger partial charge in [0.2, 0.25) is 5.91 Å². The lowest BCUT2D eigenvalue weighted by atomic mass is 9.90. The van der Waals surface area contributed by atoms with Gasteiger partial charge in [-0.2, -0.15) is 0 Å². The van der Waals surface area contributed by atoms with Gasteiger partial charge in [-0.1, -0.05) is 13.5 Å². The van der Waals surface area contributed by atoms with Gasteiger partial charge in [-0.15, -0.1) is 0 Å². The third kappa shape index (κ3) is 2.34. The number of hydrogen-bond donors (Lipinski definition) is 1. The minimum absolute atomic E-state index is 0.178. The van der Waals surface area contributed by atoms with E-state index in [9.17, 15) is 9.59 Å². The van der Waals surface area contributed by atoms with E-state index in [1.165, 1.54) is 6.08 Å². The molecule has 0 aromatic carbocycles. The molecule has 1 heterocycles. The summed E-state index contributed by atoms with van der Waals surface area (Å²) in [5.74, 6) is -1.18. The average molecular weight is 197 g/mol. The van der Waals surface area contributed by atoms with Crippen molar-refractivity contribution in [3.05, 3.63) is 12.7 Å². The molecule has 0 saturated carbocycles. The van der Waals surface area contributed by atoms with Gasteiger partial charge in [0.05, 0.1) is 5.92 Å². The monoisotopic (exact) mass is 197 g/mol. The smallest absolute Gasteiger partial charge is 0.308 e. The van der Waals surface area contributed by atoms with Crippen LogP contribution in [-0.2, 0) is 9.59 Å². The Bertz CT molecular complexity index is 262. The fourth-order valence-electron chi connectivity index (χ4n) is 1.84. The molecule has 0 bridgehead atoms. The van der Waals surface area contributed by atoms with E-state index in [4.69, 9.17) is 5.11 Å².